The maximum atomic E-state index is 10.8. The van der Waals surface area contributed by atoms with Crippen molar-refractivity contribution in [2.45, 2.75) is 19.3 Å². The van der Waals surface area contributed by atoms with E-state index in [1.165, 1.54) is 12.7 Å². The molecule has 0 aromatic carbocycles. The SMILES string of the molecule is COC(=O)CCCSCCc1cccnc1. The normalized spacial score (nSPS) is 10.1. The van der Waals surface area contributed by atoms with E-state index in [1.54, 1.807) is 6.20 Å². The molecule has 88 valence electrons. The van der Waals surface area contributed by atoms with Gasteiger partial charge in [0.15, 0.2) is 0 Å². The summed E-state index contributed by atoms with van der Waals surface area (Å²) in [7, 11) is 1.43. The summed E-state index contributed by atoms with van der Waals surface area (Å²) >= 11 is 1.87. The van der Waals surface area contributed by atoms with E-state index < -0.39 is 0 Å². The van der Waals surface area contributed by atoms with Gasteiger partial charge in [0.05, 0.1) is 7.11 Å². The number of aromatic nitrogens is 1. The quantitative estimate of drug-likeness (QED) is 0.540. The topological polar surface area (TPSA) is 39.2 Å². The lowest BCUT2D eigenvalue weighted by molar-refractivity contribution is -0.140. The van der Waals surface area contributed by atoms with Crippen molar-refractivity contribution < 1.29 is 9.53 Å². The van der Waals surface area contributed by atoms with Crippen LogP contribution in [0.2, 0.25) is 0 Å². The molecule has 0 amide bonds. The molecule has 0 atom stereocenters. The number of ether oxygens (including phenoxy) is 1. The number of thioether (sulfide) groups is 1. The van der Waals surface area contributed by atoms with Gasteiger partial charge >= 0.3 is 5.97 Å². The molecule has 4 heteroatoms. The third-order valence-corrected chi connectivity index (χ3v) is 3.23. The van der Waals surface area contributed by atoms with E-state index in [4.69, 9.17) is 0 Å². The van der Waals surface area contributed by atoms with E-state index in [0.717, 1.165) is 24.3 Å². The number of pyridine rings is 1. The van der Waals surface area contributed by atoms with Crippen molar-refractivity contribution in [2.24, 2.45) is 0 Å². The monoisotopic (exact) mass is 239 g/mol. The third kappa shape index (κ3) is 5.75. The Morgan fingerprint density at radius 2 is 2.38 bits per heavy atom. The molecule has 1 heterocycles. The van der Waals surface area contributed by atoms with Crippen molar-refractivity contribution in [3.05, 3.63) is 30.1 Å². The van der Waals surface area contributed by atoms with Gasteiger partial charge in [-0.25, -0.2) is 0 Å². The summed E-state index contributed by atoms with van der Waals surface area (Å²) in [6.45, 7) is 0. The molecule has 0 saturated heterocycles. The van der Waals surface area contributed by atoms with Gasteiger partial charge in [0, 0.05) is 18.8 Å². The molecule has 1 rings (SSSR count). The van der Waals surface area contributed by atoms with Crippen molar-refractivity contribution in [3.8, 4) is 0 Å². The van der Waals surface area contributed by atoms with Crippen molar-refractivity contribution in [1.82, 2.24) is 4.98 Å². The smallest absolute Gasteiger partial charge is 0.305 e. The van der Waals surface area contributed by atoms with Gasteiger partial charge in [-0.3, -0.25) is 9.78 Å². The lowest BCUT2D eigenvalue weighted by Gasteiger charge is -2.01. The highest BCUT2D eigenvalue weighted by molar-refractivity contribution is 7.99. The van der Waals surface area contributed by atoms with E-state index >= 15 is 0 Å². The van der Waals surface area contributed by atoms with Crippen LogP contribution >= 0.6 is 11.8 Å². The van der Waals surface area contributed by atoms with Crippen LogP contribution in [-0.2, 0) is 16.0 Å². The molecule has 0 unspecified atom stereocenters. The number of hydrogen-bond donors (Lipinski definition) is 0. The molecule has 0 spiro atoms. The van der Waals surface area contributed by atoms with Crippen molar-refractivity contribution in [3.63, 3.8) is 0 Å². The standard InChI is InChI=1S/C12H17NO2S/c1-15-12(14)5-3-8-16-9-6-11-4-2-7-13-10-11/h2,4,7,10H,3,5-6,8-9H2,1H3. The Kier molecular flexibility index (Phi) is 6.65. The Bertz CT molecular complexity index is 303. The second-order valence-electron chi connectivity index (χ2n) is 3.40. The van der Waals surface area contributed by atoms with E-state index in [9.17, 15) is 4.79 Å². The summed E-state index contributed by atoms with van der Waals surface area (Å²) < 4.78 is 4.57. The predicted molar refractivity (Wildman–Crippen MR) is 66.5 cm³/mol. The molecule has 0 aliphatic carbocycles. The van der Waals surface area contributed by atoms with Crippen LogP contribution in [0.15, 0.2) is 24.5 Å². The van der Waals surface area contributed by atoms with Crippen LogP contribution in [0.4, 0.5) is 0 Å². The highest BCUT2D eigenvalue weighted by Gasteiger charge is 1.99. The van der Waals surface area contributed by atoms with Crippen LogP contribution in [-0.4, -0.2) is 29.6 Å². The highest BCUT2D eigenvalue weighted by atomic mass is 32.2. The second kappa shape index (κ2) is 8.16. The molecule has 3 nitrogen and oxygen atoms in total. The molecule has 0 radical (unpaired) electrons. The maximum absolute atomic E-state index is 10.8. The number of carbonyl (C=O) groups is 1. The molecule has 1 aromatic rings. The number of methoxy groups -OCH3 is 1. The fraction of sp³-hybridized carbons (Fsp3) is 0.500. The average molecular weight is 239 g/mol. The summed E-state index contributed by atoms with van der Waals surface area (Å²) in [5.74, 6) is 1.97. The summed E-state index contributed by atoms with van der Waals surface area (Å²) in [5.41, 5.74) is 1.27. The van der Waals surface area contributed by atoms with E-state index in [0.29, 0.717) is 6.42 Å². The van der Waals surface area contributed by atoms with Gasteiger partial charge < -0.3 is 4.74 Å². The Morgan fingerprint density at radius 3 is 3.06 bits per heavy atom. The van der Waals surface area contributed by atoms with Crippen LogP contribution in [0.3, 0.4) is 0 Å². The number of rotatable bonds is 7. The van der Waals surface area contributed by atoms with Gasteiger partial charge in [0.1, 0.15) is 0 Å². The predicted octanol–water partition coefficient (Wildman–Crippen LogP) is 2.31. The number of aryl methyl sites for hydroxylation is 1. The molecule has 16 heavy (non-hydrogen) atoms. The first-order valence-corrected chi connectivity index (χ1v) is 6.52. The molecule has 1 aromatic heterocycles. The molecule has 0 saturated carbocycles. The maximum Gasteiger partial charge on any atom is 0.305 e. The molecule has 0 aliphatic heterocycles. The highest BCUT2D eigenvalue weighted by Crippen LogP contribution is 2.08. The first-order chi connectivity index (χ1) is 7.83. The molecule has 0 aliphatic rings. The van der Waals surface area contributed by atoms with Crippen LogP contribution in [0.25, 0.3) is 0 Å². The summed E-state index contributed by atoms with van der Waals surface area (Å²) in [6, 6.07) is 4.04. The largest absolute Gasteiger partial charge is 0.469 e. The lowest BCUT2D eigenvalue weighted by Crippen LogP contribution is -2.00. The van der Waals surface area contributed by atoms with Gasteiger partial charge in [-0.2, -0.15) is 11.8 Å². The number of carbonyl (C=O) groups excluding carboxylic acids is 1. The lowest BCUT2D eigenvalue weighted by atomic mass is 10.2. The summed E-state index contributed by atoms with van der Waals surface area (Å²) in [4.78, 5) is 14.9. The van der Waals surface area contributed by atoms with Gasteiger partial charge in [-0.05, 0) is 36.0 Å². The zero-order chi connectivity index (χ0) is 11.6. The molecular weight excluding hydrogens is 222 g/mol. The van der Waals surface area contributed by atoms with Crippen LogP contribution in [0.1, 0.15) is 18.4 Å². The third-order valence-electron chi connectivity index (χ3n) is 2.16. The number of hydrogen-bond acceptors (Lipinski definition) is 4. The zero-order valence-corrected chi connectivity index (χ0v) is 10.3. The average Bonchev–Trinajstić information content (AvgIpc) is 2.34. The minimum atomic E-state index is -0.118. The first kappa shape index (κ1) is 13.0. The van der Waals surface area contributed by atoms with E-state index in [-0.39, 0.29) is 5.97 Å². The fourth-order valence-corrected chi connectivity index (χ4v) is 2.19. The van der Waals surface area contributed by atoms with Gasteiger partial charge in [-0.1, -0.05) is 6.07 Å². The Labute approximate surface area is 101 Å². The van der Waals surface area contributed by atoms with E-state index in [1.807, 2.05) is 24.0 Å². The Balaban J connectivity index is 1.98. The summed E-state index contributed by atoms with van der Waals surface area (Å²) in [6.07, 6.45) is 6.14. The van der Waals surface area contributed by atoms with E-state index in [2.05, 4.69) is 15.8 Å². The summed E-state index contributed by atoms with van der Waals surface area (Å²) in [5, 5.41) is 0. The minimum absolute atomic E-state index is 0.118. The molecule has 0 N–H and O–H groups in total. The minimum Gasteiger partial charge on any atom is -0.469 e. The molecule has 0 fully saturated rings. The fourth-order valence-electron chi connectivity index (χ4n) is 1.26. The zero-order valence-electron chi connectivity index (χ0n) is 9.52. The van der Waals surface area contributed by atoms with Crippen molar-refractivity contribution in [2.75, 3.05) is 18.6 Å². The van der Waals surface area contributed by atoms with Crippen LogP contribution in [0.5, 0.6) is 0 Å². The Morgan fingerprint density at radius 1 is 1.50 bits per heavy atom. The first-order valence-electron chi connectivity index (χ1n) is 5.36. The second-order valence-corrected chi connectivity index (χ2v) is 4.63. The van der Waals surface area contributed by atoms with Crippen LogP contribution in [0, 0.1) is 0 Å². The molecule has 0 bridgehead atoms. The van der Waals surface area contributed by atoms with Crippen molar-refractivity contribution in [1.29, 1.82) is 0 Å². The number of nitrogens with zero attached hydrogens (tertiary/aromatic N) is 1. The van der Waals surface area contributed by atoms with Gasteiger partial charge in [-0.15, -0.1) is 0 Å². The molecular formula is C12H17NO2S. The van der Waals surface area contributed by atoms with Gasteiger partial charge in [0.25, 0.3) is 0 Å². The number of esters is 1. The Hall–Kier alpha value is -1.03. The van der Waals surface area contributed by atoms with Gasteiger partial charge in [0.2, 0.25) is 0 Å². The van der Waals surface area contributed by atoms with Crippen molar-refractivity contribution >= 4 is 17.7 Å². The van der Waals surface area contributed by atoms with Crippen LogP contribution < -0.4 is 0 Å².